The molecule has 0 aromatic heterocycles. The van der Waals surface area contributed by atoms with E-state index in [0.29, 0.717) is 12.2 Å². The third-order valence-electron chi connectivity index (χ3n) is 6.62. The highest BCUT2D eigenvalue weighted by molar-refractivity contribution is 6.03. The smallest absolute Gasteiger partial charge is 0.165 e. The number of Topliss-reactive ketones (excluding diaryl/α,β-unsaturated/α-hetero) is 1. The van der Waals surface area contributed by atoms with Gasteiger partial charge in [-0.3, -0.25) is 4.79 Å². The lowest BCUT2D eigenvalue weighted by Gasteiger charge is -2.23. The monoisotopic (exact) mass is 381 g/mol. The molecular formula is C27H27NO. The van der Waals surface area contributed by atoms with Crippen LogP contribution in [0.25, 0.3) is 0 Å². The highest BCUT2D eigenvalue weighted by Gasteiger charge is 2.46. The first kappa shape index (κ1) is 18.2. The number of ketones is 1. The average Bonchev–Trinajstić information content (AvgIpc) is 3.41. The zero-order chi connectivity index (χ0) is 19.8. The second kappa shape index (κ2) is 7.18. The van der Waals surface area contributed by atoms with Gasteiger partial charge < -0.3 is 4.90 Å². The van der Waals surface area contributed by atoms with Crippen molar-refractivity contribution in [2.45, 2.75) is 44.6 Å². The number of rotatable bonds is 6. The topological polar surface area (TPSA) is 20.3 Å². The first-order chi connectivity index (χ1) is 14.1. The second-order valence-electron chi connectivity index (χ2n) is 8.72. The molecule has 5 rings (SSSR count). The molecule has 0 spiro atoms. The van der Waals surface area contributed by atoms with Crippen molar-refractivity contribution in [3.63, 3.8) is 0 Å². The Labute approximate surface area is 173 Å². The molecule has 0 atom stereocenters. The molecule has 1 heterocycles. The third-order valence-corrected chi connectivity index (χ3v) is 6.62. The molecule has 3 aromatic rings. The van der Waals surface area contributed by atoms with Crippen molar-refractivity contribution in [2.24, 2.45) is 0 Å². The maximum atomic E-state index is 13.5. The highest BCUT2D eigenvalue weighted by Crippen LogP contribution is 2.52. The number of benzene rings is 3. The molecule has 29 heavy (non-hydrogen) atoms. The van der Waals surface area contributed by atoms with Crippen molar-refractivity contribution in [2.75, 3.05) is 11.4 Å². The minimum absolute atomic E-state index is 0.0520. The Bertz CT molecular complexity index is 1030. The summed E-state index contributed by atoms with van der Waals surface area (Å²) in [6, 6.07) is 25.6. The normalized spacial score (nSPS) is 16.5. The van der Waals surface area contributed by atoms with E-state index in [0.717, 1.165) is 37.9 Å². The van der Waals surface area contributed by atoms with Crippen LogP contribution in [0, 0.1) is 6.92 Å². The van der Waals surface area contributed by atoms with Gasteiger partial charge in [0.05, 0.1) is 5.69 Å². The number of anilines is 1. The van der Waals surface area contributed by atoms with Crippen LogP contribution >= 0.6 is 0 Å². The number of aryl methyl sites for hydroxylation is 1. The Kier molecular flexibility index (Phi) is 4.50. The van der Waals surface area contributed by atoms with Crippen molar-refractivity contribution < 1.29 is 4.79 Å². The lowest BCUT2D eigenvalue weighted by Crippen LogP contribution is -2.22. The number of carbonyl (C=O) groups excluding carboxylic acids is 1. The molecule has 146 valence electrons. The molecule has 0 unspecified atom stereocenters. The summed E-state index contributed by atoms with van der Waals surface area (Å²) in [5.74, 6) is 0.292. The maximum Gasteiger partial charge on any atom is 0.165 e. The van der Waals surface area contributed by atoms with E-state index in [9.17, 15) is 4.79 Å². The molecule has 0 radical (unpaired) electrons. The van der Waals surface area contributed by atoms with Crippen molar-refractivity contribution in [3.05, 3.63) is 101 Å². The van der Waals surface area contributed by atoms with Crippen molar-refractivity contribution in [1.29, 1.82) is 0 Å². The Morgan fingerprint density at radius 2 is 1.69 bits per heavy atom. The molecule has 1 aliphatic carbocycles. The van der Waals surface area contributed by atoms with Gasteiger partial charge in [0.2, 0.25) is 0 Å². The van der Waals surface area contributed by atoms with E-state index < -0.39 is 0 Å². The number of hydrogen-bond acceptors (Lipinski definition) is 2. The van der Waals surface area contributed by atoms with Crippen molar-refractivity contribution in [3.8, 4) is 0 Å². The summed E-state index contributed by atoms with van der Waals surface area (Å²) in [5.41, 5.74) is 7.33. The number of fused-ring (bicyclic) bond motifs is 1. The summed E-state index contributed by atoms with van der Waals surface area (Å²) in [4.78, 5) is 15.9. The van der Waals surface area contributed by atoms with E-state index in [1.807, 2.05) is 6.07 Å². The average molecular weight is 382 g/mol. The second-order valence-corrected chi connectivity index (χ2v) is 8.72. The summed E-state index contributed by atoms with van der Waals surface area (Å²) < 4.78 is 0. The van der Waals surface area contributed by atoms with Gasteiger partial charge in [0, 0.05) is 30.5 Å². The first-order valence-electron chi connectivity index (χ1n) is 10.7. The van der Waals surface area contributed by atoms with Crippen molar-refractivity contribution >= 4 is 11.5 Å². The molecule has 1 saturated carbocycles. The fourth-order valence-electron chi connectivity index (χ4n) is 4.75. The fourth-order valence-corrected chi connectivity index (χ4v) is 4.75. The summed E-state index contributed by atoms with van der Waals surface area (Å²) in [6.07, 6.45) is 3.87. The number of hydrogen-bond donors (Lipinski definition) is 0. The summed E-state index contributed by atoms with van der Waals surface area (Å²) in [7, 11) is 0. The van der Waals surface area contributed by atoms with Gasteiger partial charge in [0.25, 0.3) is 0 Å². The van der Waals surface area contributed by atoms with E-state index in [4.69, 9.17) is 0 Å². The minimum atomic E-state index is 0.0520. The van der Waals surface area contributed by atoms with Gasteiger partial charge in [0.1, 0.15) is 0 Å². The molecule has 0 N–H and O–H groups in total. The fraction of sp³-hybridized carbons (Fsp3) is 0.296. The van der Waals surface area contributed by atoms with Crippen LogP contribution in [0.3, 0.4) is 0 Å². The van der Waals surface area contributed by atoms with Gasteiger partial charge in [-0.05, 0) is 48.9 Å². The largest absolute Gasteiger partial charge is 0.366 e. The Morgan fingerprint density at radius 3 is 2.41 bits per heavy atom. The summed E-state index contributed by atoms with van der Waals surface area (Å²) >= 11 is 0. The zero-order valence-corrected chi connectivity index (χ0v) is 17.0. The maximum absolute atomic E-state index is 13.5. The molecule has 1 fully saturated rings. The number of para-hydroxylation sites is 1. The predicted molar refractivity (Wildman–Crippen MR) is 119 cm³/mol. The number of nitrogens with zero attached hydrogens (tertiary/aromatic N) is 1. The Balaban J connectivity index is 1.41. The van der Waals surface area contributed by atoms with Gasteiger partial charge in [-0.25, -0.2) is 0 Å². The summed E-state index contributed by atoms with van der Waals surface area (Å²) in [5, 5.41) is 0. The van der Waals surface area contributed by atoms with Crippen LogP contribution in [0.5, 0.6) is 0 Å². The SMILES string of the molecule is Cc1ccc(C2(CC(=O)c3cccc4c3N(Cc3ccccc3)CC4)CC2)cc1. The molecule has 1 aliphatic heterocycles. The Hall–Kier alpha value is -2.87. The van der Waals surface area contributed by atoms with E-state index in [1.54, 1.807) is 0 Å². The molecule has 0 saturated heterocycles. The van der Waals surface area contributed by atoms with Gasteiger partial charge in [-0.15, -0.1) is 0 Å². The highest BCUT2D eigenvalue weighted by atomic mass is 16.1. The minimum Gasteiger partial charge on any atom is -0.366 e. The molecule has 0 amide bonds. The molecule has 2 heteroatoms. The van der Waals surface area contributed by atoms with E-state index in [-0.39, 0.29) is 5.41 Å². The van der Waals surface area contributed by atoms with Crippen LogP contribution < -0.4 is 4.90 Å². The van der Waals surface area contributed by atoms with E-state index in [2.05, 4.69) is 78.6 Å². The van der Waals surface area contributed by atoms with E-state index >= 15 is 0 Å². The van der Waals surface area contributed by atoms with Crippen LogP contribution in [0.4, 0.5) is 5.69 Å². The number of carbonyl (C=O) groups is 1. The van der Waals surface area contributed by atoms with Crippen LogP contribution in [0.15, 0.2) is 72.8 Å². The van der Waals surface area contributed by atoms with Crippen LogP contribution in [0.1, 0.15) is 51.9 Å². The van der Waals surface area contributed by atoms with Crippen molar-refractivity contribution in [1.82, 2.24) is 0 Å². The van der Waals surface area contributed by atoms with Crippen LogP contribution in [-0.4, -0.2) is 12.3 Å². The predicted octanol–water partition coefficient (Wildman–Crippen LogP) is 5.86. The molecule has 2 nitrogen and oxygen atoms in total. The standard InChI is InChI=1S/C27H27NO/c1-20-10-12-23(13-11-20)27(15-16-27)18-25(29)24-9-5-8-22-14-17-28(26(22)24)19-21-6-3-2-4-7-21/h2-13H,14-19H2,1H3. The van der Waals surface area contributed by atoms with Gasteiger partial charge in [-0.1, -0.05) is 72.3 Å². The third kappa shape index (κ3) is 3.48. The first-order valence-corrected chi connectivity index (χ1v) is 10.7. The Morgan fingerprint density at radius 1 is 0.931 bits per heavy atom. The quantitative estimate of drug-likeness (QED) is 0.498. The molecule has 3 aromatic carbocycles. The van der Waals surface area contributed by atoms with Gasteiger partial charge >= 0.3 is 0 Å². The molecule has 2 aliphatic rings. The van der Waals surface area contributed by atoms with Crippen LogP contribution in [0.2, 0.25) is 0 Å². The van der Waals surface area contributed by atoms with E-state index in [1.165, 1.54) is 27.9 Å². The lowest BCUT2D eigenvalue weighted by molar-refractivity contribution is 0.0970. The lowest BCUT2D eigenvalue weighted by atomic mass is 9.87. The summed E-state index contributed by atoms with van der Waals surface area (Å²) in [6.45, 7) is 3.96. The van der Waals surface area contributed by atoms with Crippen LogP contribution in [-0.2, 0) is 18.4 Å². The molecule has 0 bridgehead atoms. The zero-order valence-electron chi connectivity index (χ0n) is 17.0. The van der Waals surface area contributed by atoms with Gasteiger partial charge in [-0.2, -0.15) is 0 Å². The van der Waals surface area contributed by atoms with Gasteiger partial charge in [0.15, 0.2) is 5.78 Å². The molecular weight excluding hydrogens is 354 g/mol.